The predicted molar refractivity (Wildman–Crippen MR) is 79.4 cm³/mol. The maximum atomic E-state index is 12.5. The second kappa shape index (κ2) is 5.22. The number of rotatable bonds is 3. The lowest BCUT2D eigenvalue weighted by atomic mass is 9.64. The van der Waals surface area contributed by atoms with Crippen LogP contribution >= 0.6 is 0 Å². The molecule has 1 saturated carbocycles. The van der Waals surface area contributed by atoms with Gasteiger partial charge >= 0.3 is 0 Å². The monoisotopic (exact) mass is 310 g/mol. The van der Waals surface area contributed by atoms with E-state index >= 15 is 0 Å². The molecule has 1 aliphatic carbocycles. The zero-order chi connectivity index (χ0) is 15.8. The Morgan fingerprint density at radius 2 is 1.86 bits per heavy atom. The lowest BCUT2D eigenvalue weighted by Gasteiger charge is -2.40. The zero-order valence-electron chi connectivity index (χ0n) is 12.2. The van der Waals surface area contributed by atoms with E-state index in [1.165, 1.54) is 30.5 Å². The van der Waals surface area contributed by atoms with Gasteiger partial charge in [0.1, 0.15) is 0 Å². The van der Waals surface area contributed by atoms with Crippen molar-refractivity contribution < 1.29 is 13.9 Å². The largest absolute Gasteiger partial charge is 0.272 e. The van der Waals surface area contributed by atoms with E-state index in [1.807, 2.05) is 0 Å². The Balaban J connectivity index is 2.21. The molecule has 1 amide bonds. The standard InChI is InChI=1S/C14H18N2O4S/c1-14(2)8-10(9-14)13(17)15-21(3,20)12-6-4-11(5-7-12)16(18)19/h4-7,10H,8-9H2,1-3H3. The number of carbonyl (C=O) groups excluding carboxylic acids is 1. The molecule has 0 spiro atoms. The van der Waals surface area contributed by atoms with Crippen LogP contribution in [0.4, 0.5) is 5.69 Å². The summed E-state index contributed by atoms with van der Waals surface area (Å²) in [7, 11) is -2.86. The SMILES string of the molecule is CC1(C)CC(C(=O)N=S(C)(=O)c2ccc([N+](=O)[O-])cc2)C1. The fourth-order valence-corrected chi connectivity index (χ4v) is 3.81. The van der Waals surface area contributed by atoms with Gasteiger partial charge in [-0.2, -0.15) is 4.36 Å². The van der Waals surface area contributed by atoms with E-state index in [9.17, 15) is 19.1 Å². The molecule has 21 heavy (non-hydrogen) atoms. The normalized spacial score (nSPS) is 20.1. The predicted octanol–water partition coefficient (Wildman–Crippen LogP) is 3.01. The number of hydrogen-bond acceptors (Lipinski definition) is 4. The van der Waals surface area contributed by atoms with E-state index in [-0.39, 0.29) is 22.9 Å². The Labute approximate surface area is 123 Å². The first-order valence-corrected chi connectivity index (χ1v) is 8.53. The summed E-state index contributed by atoms with van der Waals surface area (Å²) in [5.41, 5.74) is 0.0682. The van der Waals surface area contributed by atoms with Crippen molar-refractivity contribution in [1.82, 2.24) is 0 Å². The van der Waals surface area contributed by atoms with E-state index in [1.54, 1.807) is 0 Å². The van der Waals surface area contributed by atoms with E-state index in [4.69, 9.17) is 0 Å². The van der Waals surface area contributed by atoms with Crippen LogP contribution in [0.2, 0.25) is 0 Å². The maximum Gasteiger partial charge on any atom is 0.269 e. The van der Waals surface area contributed by atoms with Gasteiger partial charge in [0, 0.05) is 29.2 Å². The molecule has 0 radical (unpaired) electrons. The molecule has 0 saturated heterocycles. The first kappa shape index (κ1) is 15.6. The number of nitro benzene ring substituents is 1. The van der Waals surface area contributed by atoms with Crippen LogP contribution < -0.4 is 0 Å². The molecular weight excluding hydrogens is 292 g/mol. The Morgan fingerprint density at radius 1 is 1.33 bits per heavy atom. The van der Waals surface area contributed by atoms with Gasteiger partial charge < -0.3 is 0 Å². The van der Waals surface area contributed by atoms with Crippen LogP contribution in [0, 0.1) is 21.4 Å². The van der Waals surface area contributed by atoms with Gasteiger partial charge in [0.2, 0.25) is 0 Å². The van der Waals surface area contributed by atoms with Crippen LogP contribution in [0.1, 0.15) is 26.7 Å². The van der Waals surface area contributed by atoms with Gasteiger partial charge in [-0.05, 0) is 30.4 Å². The topological polar surface area (TPSA) is 89.6 Å². The second-order valence-corrected chi connectivity index (χ2v) is 8.51. The summed E-state index contributed by atoms with van der Waals surface area (Å²) < 4.78 is 16.4. The number of amides is 1. The molecule has 0 N–H and O–H groups in total. The van der Waals surface area contributed by atoms with Crippen molar-refractivity contribution >= 4 is 21.3 Å². The zero-order valence-corrected chi connectivity index (χ0v) is 13.1. The summed E-state index contributed by atoms with van der Waals surface area (Å²) in [4.78, 5) is 22.4. The number of carbonyl (C=O) groups is 1. The average Bonchev–Trinajstić information content (AvgIpc) is 2.35. The van der Waals surface area contributed by atoms with Crippen LogP contribution in [0.5, 0.6) is 0 Å². The summed E-state index contributed by atoms with van der Waals surface area (Å²) in [6, 6.07) is 5.32. The average molecular weight is 310 g/mol. The third kappa shape index (κ3) is 3.47. The minimum Gasteiger partial charge on any atom is -0.272 e. The fraction of sp³-hybridized carbons (Fsp3) is 0.500. The van der Waals surface area contributed by atoms with Crippen LogP contribution in [0.15, 0.2) is 33.5 Å². The molecule has 2 rings (SSSR count). The highest BCUT2D eigenvalue weighted by Crippen LogP contribution is 2.45. The van der Waals surface area contributed by atoms with Crippen molar-refractivity contribution in [3.05, 3.63) is 34.4 Å². The molecule has 0 aliphatic heterocycles. The quantitative estimate of drug-likeness (QED) is 0.634. The van der Waals surface area contributed by atoms with Crippen molar-refractivity contribution in [2.24, 2.45) is 15.7 Å². The Hall–Kier alpha value is -1.76. The van der Waals surface area contributed by atoms with Crippen molar-refractivity contribution in [1.29, 1.82) is 0 Å². The molecule has 1 fully saturated rings. The smallest absolute Gasteiger partial charge is 0.269 e. The number of nitro groups is 1. The third-order valence-electron chi connectivity index (χ3n) is 3.70. The lowest BCUT2D eigenvalue weighted by Crippen LogP contribution is -2.36. The molecule has 1 aromatic rings. The van der Waals surface area contributed by atoms with Crippen molar-refractivity contribution in [3.63, 3.8) is 0 Å². The summed E-state index contributed by atoms with van der Waals surface area (Å²) in [5.74, 6) is -0.487. The van der Waals surface area contributed by atoms with Gasteiger partial charge in [0.15, 0.2) is 0 Å². The number of non-ortho nitro benzene ring substituents is 1. The van der Waals surface area contributed by atoms with E-state index in [0.29, 0.717) is 4.90 Å². The lowest BCUT2D eigenvalue weighted by molar-refractivity contribution is -0.384. The molecular formula is C14H18N2O4S. The summed E-state index contributed by atoms with van der Waals surface area (Å²) in [6.07, 6.45) is 2.89. The van der Waals surface area contributed by atoms with E-state index in [2.05, 4.69) is 18.2 Å². The molecule has 1 aliphatic rings. The molecule has 0 bridgehead atoms. The van der Waals surface area contributed by atoms with E-state index < -0.39 is 14.7 Å². The minimum atomic E-state index is -2.86. The van der Waals surface area contributed by atoms with Crippen LogP contribution in [-0.4, -0.2) is 21.3 Å². The summed E-state index contributed by atoms with van der Waals surface area (Å²) in [5, 5.41) is 10.6. The van der Waals surface area contributed by atoms with Crippen LogP contribution in [-0.2, 0) is 14.5 Å². The van der Waals surface area contributed by atoms with Crippen LogP contribution in [0.3, 0.4) is 0 Å². The highest BCUT2D eigenvalue weighted by atomic mass is 32.2. The van der Waals surface area contributed by atoms with Gasteiger partial charge in [-0.15, -0.1) is 0 Å². The molecule has 7 heteroatoms. The highest BCUT2D eigenvalue weighted by Gasteiger charge is 2.40. The summed E-state index contributed by atoms with van der Waals surface area (Å²) in [6.45, 7) is 4.16. The number of hydrogen-bond donors (Lipinski definition) is 0. The molecule has 0 aromatic heterocycles. The van der Waals surface area contributed by atoms with Gasteiger partial charge in [0.25, 0.3) is 11.6 Å². The Kier molecular flexibility index (Phi) is 3.88. The first-order valence-electron chi connectivity index (χ1n) is 6.61. The van der Waals surface area contributed by atoms with Gasteiger partial charge in [-0.1, -0.05) is 13.8 Å². The minimum absolute atomic E-state index is 0.0824. The van der Waals surface area contributed by atoms with E-state index in [0.717, 1.165) is 12.8 Å². The highest BCUT2D eigenvalue weighted by molar-refractivity contribution is 7.93. The van der Waals surface area contributed by atoms with Gasteiger partial charge in [-0.3, -0.25) is 14.9 Å². The fourth-order valence-electron chi connectivity index (χ4n) is 2.57. The first-order chi connectivity index (χ1) is 9.61. The molecule has 114 valence electrons. The Bertz CT molecular complexity index is 692. The third-order valence-corrected chi connectivity index (χ3v) is 5.37. The molecule has 1 atom stereocenters. The molecule has 1 unspecified atom stereocenters. The van der Waals surface area contributed by atoms with Crippen molar-refractivity contribution in [2.45, 2.75) is 31.6 Å². The van der Waals surface area contributed by atoms with Crippen molar-refractivity contribution in [3.8, 4) is 0 Å². The molecule has 0 heterocycles. The van der Waals surface area contributed by atoms with Crippen molar-refractivity contribution in [2.75, 3.05) is 6.26 Å². The number of nitrogens with zero attached hydrogens (tertiary/aromatic N) is 2. The van der Waals surface area contributed by atoms with Crippen LogP contribution in [0.25, 0.3) is 0 Å². The molecule has 1 aromatic carbocycles. The van der Waals surface area contributed by atoms with Gasteiger partial charge in [-0.25, -0.2) is 4.21 Å². The Morgan fingerprint density at radius 3 is 2.29 bits per heavy atom. The maximum absolute atomic E-state index is 12.5. The second-order valence-electron chi connectivity index (χ2n) is 6.25. The van der Waals surface area contributed by atoms with Gasteiger partial charge in [0.05, 0.1) is 14.7 Å². The summed E-state index contributed by atoms with van der Waals surface area (Å²) >= 11 is 0. The number of benzene rings is 1. The molecule has 6 nitrogen and oxygen atoms in total.